The molecule has 0 spiro atoms. The Morgan fingerprint density at radius 2 is 1.94 bits per heavy atom. The fourth-order valence-corrected chi connectivity index (χ4v) is 1.34. The highest BCUT2D eigenvalue weighted by Gasteiger charge is 2.17. The van der Waals surface area contributed by atoms with Gasteiger partial charge in [0.1, 0.15) is 5.76 Å². The molecule has 0 fully saturated rings. The molecule has 0 bridgehead atoms. The average molecular weight is 238 g/mol. The summed E-state index contributed by atoms with van der Waals surface area (Å²) in [6.45, 7) is 7.55. The number of carbonyl (C=O) groups is 2. The summed E-state index contributed by atoms with van der Waals surface area (Å²) in [4.78, 5) is 23.1. The van der Waals surface area contributed by atoms with Crippen LogP contribution >= 0.6 is 0 Å². The summed E-state index contributed by atoms with van der Waals surface area (Å²) < 4.78 is 5.00. The molecule has 0 aromatic carbocycles. The van der Waals surface area contributed by atoms with E-state index in [-0.39, 0.29) is 17.2 Å². The first-order valence-electron chi connectivity index (χ1n) is 5.43. The van der Waals surface area contributed by atoms with E-state index in [4.69, 9.17) is 4.42 Å². The van der Waals surface area contributed by atoms with Crippen molar-refractivity contribution in [3.05, 3.63) is 23.7 Å². The number of carbonyl (C=O) groups excluding carboxylic acids is 2. The summed E-state index contributed by atoms with van der Waals surface area (Å²) in [5, 5.41) is 0. The predicted octanol–water partition coefficient (Wildman–Crippen LogP) is 1.79. The van der Waals surface area contributed by atoms with E-state index in [9.17, 15) is 9.59 Å². The number of amides is 2. The summed E-state index contributed by atoms with van der Waals surface area (Å²) in [5.74, 6) is -0.0712. The molecule has 0 saturated heterocycles. The minimum atomic E-state index is -0.376. The molecule has 5 nitrogen and oxygen atoms in total. The van der Waals surface area contributed by atoms with Crippen LogP contribution in [0.25, 0.3) is 0 Å². The number of hydrazine groups is 1. The lowest BCUT2D eigenvalue weighted by atomic mass is 9.92. The van der Waals surface area contributed by atoms with E-state index in [2.05, 4.69) is 10.9 Å². The van der Waals surface area contributed by atoms with E-state index in [1.165, 1.54) is 6.26 Å². The molecule has 1 aromatic heterocycles. The van der Waals surface area contributed by atoms with E-state index in [1.807, 2.05) is 20.8 Å². The monoisotopic (exact) mass is 238 g/mol. The standard InChI is InChI=1S/C12H18N2O3/c1-8-9(5-6-17-8)11(16)14-13-10(15)7-12(2,3)4/h5-6H,7H2,1-4H3,(H,13,15)(H,14,16). The second-order valence-electron chi connectivity index (χ2n) is 5.13. The van der Waals surface area contributed by atoms with Gasteiger partial charge >= 0.3 is 0 Å². The van der Waals surface area contributed by atoms with E-state index in [0.717, 1.165) is 0 Å². The van der Waals surface area contributed by atoms with Crippen LogP contribution in [0.4, 0.5) is 0 Å². The number of hydrogen-bond donors (Lipinski definition) is 2. The zero-order valence-electron chi connectivity index (χ0n) is 10.6. The molecule has 5 heteroatoms. The maximum atomic E-state index is 11.6. The summed E-state index contributed by atoms with van der Waals surface area (Å²) in [6, 6.07) is 1.56. The van der Waals surface area contributed by atoms with Gasteiger partial charge in [-0.3, -0.25) is 20.4 Å². The van der Waals surface area contributed by atoms with Crippen LogP contribution in [0.5, 0.6) is 0 Å². The van der Waals surface area contributed by atoms with Crippen molar-refractivity contribution in [3.63, 3.8) is 0 Å². The minimum absolute atomic E-state index is 0.111. The molecule has 1 rings (SSSR count). The molecule has 0 aliphatic rings. The van der Waals surface area contributed by atoms with Gasteiger partial charge in [-0.25, -0.2) is 0 Å². The van der Waals surface area contributed by atoms with Gasteiger partial charge in [0.2, 0.25) is 5.91 Å². The van der Waals surface area contributed by atoms with Crippen LogP contribution in [-0.2, 0) is 4.79 Å². The summed E-state index contributed by atoms with van der Waals surface area (Å²) in [7, 11) is 0. The van der Waals surface area contributed by atoms with Crippen LogP contribution < -0.4 is 10.9 Å². The smallest absolute Gasteiger partial charge is 0.273 e. The molecule has 2 N–H and O–H groups in total. The molecule has 0 atom stereocenters. The van der Waals surface area contributed by atoms with Gasteiger partial charge < -0.3 is 4.42 Å². The molecule has 94 valence electrons. The number of hydrogen-bond acceptors (Lipinski definition) is 3. The number of rotatable bonds is 2. The van der Waals surface area contributed by atoms with Crippen molar-refractivity contribution in [1.82, 2.24) is 10.9 Å². The van der Waals surface area contributed by atoms with E-state index < -0.39 is 0 Å². The Morgan fingerprint density at radius 3 is 2.41 bits per heavy atom. The van der Waals surface area contributed by atoms with Crippen LogP contribution in [0.1, 0.15) is 43.3 Å². The van der Waals surface area contributed by atoms with Crippen LogP contribution in [0.2, 0.25) is 0 Å². The molecule has 0 saturated carbocycles. The first kappa shape index (κ1) is 13.3. The van der Waals surface area contributed by atoms with Crippen molar-refractivity contribution >= 4 is 11.8 Å². The Bertz CT molecular complexity index is 416. The van der Waals surface area contributed by atoms with Gasteiger partial charge in [-0.2, -0.15) is 0 Å². The quantitative estimate of drug-likeness (QED) is 0.771. The van der Waals surface area contributed by atoms with E-state index in [0.29, 0.717) is 17.7 Å². The van der Waals surface area contributed by atoms with Crippen molar-refractivity contribution in [2.45, 2.75) is 34.1 Å². The summed E-state index contributed by atoms with van der Waals surface area (Å²) in [5.41, 5.74) is 5.03. The van der Waals surface area contributed by atoms with Crippen molar-refractivity contribution in [2.24, 2.45) is 5.41 Å². The van der Waals surface area contributed by atoms with E-state index in [1.54, 1.807) is 13.0 Å². The van der Waals surface area contributed by atoms with Crippen LogP contribution in [-0.4, -0.2) is 11.8 Å². The van der Waals surface area contributed by atoms with E-state index >= 15 is 0 Å². The second-order valence-corrected chi connectivity index (χ2v) is 5.13. The van der Waals surface area contributed by atoms with Gasteiger partial charge in [-0.15, -0.1) is 0 Å². The second kappa shape index (κ2) is 5.03. The Hall–Kier alpha value is -1.78. The Labute approximate surface area is 101 Å². The zero-order valence-corrected chi connectivity index (χ0v) is 10.6. The first-order chi connectivity index (χ1) is 7.79. The highest BCUT2D eigenvalue weighted by molar-refractivity contribution is 5.96. The Morgan fingerprint density at radius 1 is 1.29 bits per heavy atom. The highest BCUT2D eigenvalue weighted by atomic mass is 16.3. The number of nitrogens with one attached hydrogen (secondary N) is 2. The van der Waals surface area contributed by atoms with Gasteiger partial charge in [0, 0.05) is 6.42 Å². The minimum Gasteiger partial charge on any atom is -0.469 e. The number of furan rings is 1. The summed E-state index contributed by atoms with van der Waals surface area (Å²) >= 11 is 0. The van der Waals surface area contributed by atoms with Crippen molar-refractivity contribution in [2.75, 3.05) is 0 Å². The molecule has 1 heterocycles. The normalized spacial score (nSPS) is 11.1. The topological polar surface area (TPSA) is 71.3 Å². The fraction of sp³-hybridized carbons (Fsp3) is 0.500. The van der Waals surface area contributed by atoms with Gasteiger partial charge in [0.05, 0.1) is 11.8 Å². The Balaban J connectivity index is 2.45. The maximum absolute atomic E-state index is 11.6. The molecule has 1 aromatic rings. The lowest BCUT2D eigenvalue weighted by molar-refractivity contribution is -0.123. The third-order valence-electron chi connectivity index (χ3n) is 2.11. The molecule has 17 heavy (non-hydrogen) atoms. The molecule has 0 radical (unpaired) electrons. The SMILES string of the molecule is Cc1occc1C(=O)NNC(=O)CC(C)(C)C. The molecule has 2 amide bonds. The average Bonchev–Trinajstić information content (AvgIpc) is 2.58. The molecule has 0 unspecified atom stereocenters. The van der Waals surface area contributed by atoms with Gasteiger partial charge in [0.15, 0.2) is 0 Å². The van der Waals surface area contributed by atoms with Crippen molar-refractivity contribution < 1.29 is 14.0 Å². The molecule has 0 aliphatic carbocycles. The van der Waals surface area contributed by atoms with Crippen LogP contribution in [0, 0.1) is 12.3 Å². The maximum Gasteiger partial charge on any atom is 0.273 e. The lowest BCUT2D eigenvalue weighted by Crippen LogP contribution is -2.42. The molecule has 0 aliphatic heterocycles. The largest absolute Gasteiger partial charge is 0.469 e. The van der Waals surface area contributed by atoms with Gasteiger partial charge in [-0.05, 0) is 18.4 Å². The number of aryl methyl sites for hydroxylation is 1. The fourth-order valence-electron chi connectivity index (χ4n) is 1.34. The van der Waals surface area contributed by atoms with Crippen molar-refractivity contribution in [3.8, 4) is 0 Å². The Kier molecular flexibility index (Phi) is 3.93. The third-order valence-corrected chi connectivity index (χ3v) is 2.11. The summed E-state index contributed by atoms with van der Waals surface area (Å²) in [6.07, 6.45) is 1.78. The van der Waals surface area contributed by atoms with Crippen LogP contribution in [0.15, 0.2) is 16.7 Å². The molecular weight excluding hydrogens is 220 g/mol. The molecular formula is C12H18N2O3. The first-order valence-corrected chi connectivity index (χ1v) is 5.43. The highest BCUT2D eigenvalue weighted by Crippen LogP contribution is 2.17. The third kappa shape index (κ3) is 4.30. The lowest BCUT2D eigenvalue weighted by Gasteiger charge is -2.17. The van der Waals surface area contributed by atoms with Gasteiger partial charge in [-0.1, -0.05) is 20.8 Å². The predicted molar refractivity (Wildman–Crippen MR) is 63.1 cm³/mol. The van der Waals surface area contributed by atoms with Crippen LogP contribution in [0.3, 0.4) is 0 Å². The van der Waals surface area contributed by atoms with Crippen molar-refractivity contribution in [1.29, 1.82) is 0 Å². The zero-order chi connectivity index (χ0) is 13.1. The van der Waals surface area contributed by atoms with Gasteiger partial charge in [0.25, 0.3) is 5.91 Å².